The normalized spacial score (nSPS) is 10.7. The summed E-state index contributed by atoms with van der Waals surface area (Å²) in [5, 5.41) is 1.19. The number of rotatable bonds is 2. The fourth-order valence-electron chi connectivity index (χ4n) is 1.76. The second-order valence-electron chi connectivity index (χ2n) is 3.47. The van der Waals surface area contributed by atoms with Gasteiger partial charge < -0.3 is 4.57 Å². The van der Waals surface area contributed by atoms with E-state index in [1.54, 1.807) is 0 Å². The largest absolute Gasteiger partial charge is 0.326 e. The zero-order valence-corrected chi connectivity index (χ0v) is 8.62. The van der Waals surface area contributed by atoms with Crippen LogP contribution in [0.3, 0.4) is 0 Å². The molecule has 0 unspecified atom stereocenters. The third-order valence-corrected chi connectivity index (χ3v) is 2.41. The van der Waals surface area contributed by atoms with Gasteiger partial charge in [0.15, 0.2) is 0 Å². The molecule has 0 spiro atoms. The first-order valence-corrected chi connectivity index (χ1v) is 4.84. The van der Waals surface area contributed by atoms with Crippen LogP contribution in [-0.2, 0) is 6.54 Å². The Hall–Kier alpha value is -1.57. The van der Waals surface area contributed by atoms with Crippen LogP contribution in [0.5, 0.6) is 0 Å². The molecular weight excluding hydrogens is 172 g/mol. The molecule has 14 heavy (non-hydrogen) atoms. The smallest absolute Gasteiger partial charge is 0.140 e. The summed E-state index contributed by atoms with van der Waals surface area (Å²) in [5.41, 5.74) is 3.32. The lowest BCUT2D eigenvalue weighted by Crippen LogP contribution is -1.98. The van der Waals surface area contributed by atoms with Crippen LogP contribution in [-0.4, -0.2) is 9.55 Å². The van der Waals surface area contributed by atoms with E-state index in [-0.39, 0.29) is 0 Å². The van der Waals surface area contributed by atoms with Crippen LogP contribution in [0.25, 0.3) is 16.6 Å². The Labute approximate surface area is 83.9 Å². The van der Waals surface area contributed by atoms with E-state index < -0.39 is 0 Å². The van der Waals surface area contributed by atoms with Crippen LogP contribution in [0.4, 0.5) is 0 Å². The maximum Gasteiger partial charge on any atom is 0.140 e. The molecule has 0 radical (unpaired) electrons. The molecule has 0 saturated carbocycles. The van der Waals surface area contributed by atoms with E-state index in [0.29, 0.717) is 0 Å². The predicted octanol–water partition coefficient (Wildman–Crippen LogP) is 3.09. The number of hydrogen-bond acceptors (Lipinski definition) is 1. The van der Waals surface area contributed by atoms with Crippen molar-refractivity contribution in [3.63, 3.8) is 0 Å². The average molecular weight is 186 g/mol. The van der Waals surface area contributed by atoms with Crippen LogP contribution in [0.15, 0.2) is 31.0 Å². The van der Waals surface area contributed by atoms with Crippen LogP contribution >= 0.6 is 0 Å². The molecule has 0 fully saturated rings. The van der Waals surface area contributed by atoms with Gasteiger partial charge in [0.05, 0.1) is 0 Å². The molecule has 0 atom stereocenters. The molecule has 0 saturated heterocycles. The number of nitrogens with zero attached hydrogens (tertiary/aromatic N) is 2. The number of aryl methyl sites for hydroxylation is 1. The summed E-state index contributed by atoms with van der Waals surface area (Å²) in [6.07, 6.45) is 1.83. The topological polar surface area (TPSA) is 17.8 Å². The molecule has 0 aromatic carbocycles. The van der Waals surface area contributed by atoms with Crippen LogP contribution in [0.2, 0.25) is 0 Å². The maximum absolute atomic E-state index is 4.38. The van der Waals surface area contributed by atoms with E-state index in [4.69, 9.17) is 0 Å². The fourth-order valence-corrected chi connectivity index (χ4v) is 1.76. The lowest BCUT2D eigenvalue weighted by Gasteiger charge is -2.05. The molecule has 0 aliphatic rings. The van der Waals surface area contributed by atoms with Crippen LogP contribution in [0, 0.1) is 0 Å². The van der Waals surface area contributed by atoms with Crippen molar-refractivity contribution in [2.45, 2.75) is 20.4 Å². The number of hydrogen-bond donors (Lipinski definition) is 0. The van der Waals surface area contributed by atoms with Crippen molar-refractivity contribution in [1.82, 2.24) is 9.55 Å². The Kier molecular flexibility index (Phi) is 2.12. The molecular formula is C12H14N2. The Balaban J connectivity index is 2.78. The van der Waals surface area contributed by atoms with Crippen molar-refractivity contribution in [1.29, 1.82) is 0 Å². The molecule has 2 heteroatoms. The maximum atomic E-state index is 4.38. The highest BCUT2D eigenvalue weighted by molar-refractivity contribution is 5.82. The van der Waals surface area contributed by atoms with Crippen molar-refractivity contribution < 1.29 is 0 Å². The SMILES string of the molecule is C=C(C)c1cc2cccnc2n1CC. The van der Waals surface area contributed by atoms with Gasteiger partial charge in [0.1, 0.15) is 5.65 Å². The standard InChI is InChI=1S/C12H14N2/c1-4-14-11(9(2)3)8-10-6-5-7-13-12(10)14/h5-8H,2,4H2,1,3H3. The van der Waals surface area contributed by atoms with Gasteiger partial charge >= 0.3 is 0 Å². The summed E-state index contributed by atoms with van der Waals surface area (Å²) in [5.74, 6) is 0. The van der Waals surface area contributed by atoms with E-state index >= 15 is 0 Å². The van der Waals surface area contributed by atoms with Gasteiger partial charge in [-0.15, -0.1) is 0 Å². The highest BCUT2D eigenvalue weighted by Gasteiger charge is 2.07. The predicted molar refractivity (Wildman–Crippen MR) is 60.1 cm³/mol. The lowest BCUT2D eigenvalue weighted by molar-refractivity contribution is 0.776. The molecule has 2 aromatic heterocycles. The van der Waals surface area contributed by atoms with Crippen molar-refractivity contribution in [3.8, 4) is 0 Å². The number of aromatic nitrogens is 2. The number of pyridine rings is 1. The van der Waals surface area contributed by atoms with E-state index in [0.717, 1.165) is 17.8 Å². The third-order valence-electron chi connectivity index (χ3n) is 2.41. The van der Waals surface area contributed by atoms with Gasteiger partial charge in [-0.2, -0.15) is 0 Å². The third kappa shape index (κ3) is 1.23. The molecule has 72 valence electrons. The minimum Gasteiger partial charge on any atom is -0.326 e. The summed E-state index contributed by atoms with van der Waals surface area (Å²) in [7, 11) is 0. The quantitative estimate of drug-likeness (QED) is 0.704. The highest BCUT2D eigenvalue weighted by atomic mass is 15.0. The Morgan fingerprint density at radius 1 is 1.57 bits per heavy atom. The molecule has 2 nitrogen and oxygen atoms in total. The summed E-state index contributed by atoms with van der Waals surface area (Å²) in [4.78, 5) is 4.38. The molecule has 0 N–H and O–H groups in total. The van der Waals surface area contributed by atoms with Gasteiger partial charge in [-0.3, -0.25) is 0 Å². The summed E-state index contributed by atoms with van der Waals surface area (Å²) >= 11 is 0. The summed E-state index contributed by atoms with van der Waals surface area (Å²) in [6.45, 7) is 9.07. The molecule has 2 aromatic rings. The van der Waals surface area contributed by atoms with Gasteiger partial charge in [0, 0.05) is 23.8 Å². The first-order chi connectivity index (χ1) is 6.74. The van der Waals surface area contributed by atoms with Gasteiger partial charge in [-0.1, -0.05) is 6.58 Å². The van der Waals surface area contributed by atoms with Crippen LogP contribution in [0.1, 0.15) is 19.5 Å². The lowest BCUT2D eigenvalue weighted by atomic mass is 10.2. The van der Waals surface area contributed by atoms with Gasteiger partial charge in [0.25, 0.3) is 0 Å². The number of allylic oxidation sites excluding steroid dienone is 1. The van der Waals surface area contributed by atoms with Crippen molar-refractivity contribution in [2.24, 2.45) is 0 Å². The second-order valence-corrected chi connectivity index (χ2v) is 3.47. The molecule has 2 heterocycles. The molecule has 2 rings (SSSR count). The van der Waals surface area contributed by atoms with E-state index in [1.807, 2.05) is 19.2 Å². The van der Waals surface area contributed by atoms with Crippen LogP contribution < -0.4 is 0 Å². The zero-order valence-electron chi connectivity index (χ0n) is 8.62. The van der Waals surface area contributed by atoms with Crippen molar-refractivity contribution >= 4 is 16.6 Å². The van der Waals surface area contributed by atoms with E-state index in [9.17, 15) is 0 Å². The van der Waals surface area contributed by atoms with Gasteiger partial charge in [-0.05, 0) is 37.6 Å². The number of fused-ring (bicyclic) bond motifs is 1. The molecule has 0 bridgehead atoms. The van der Waals surface area contributed by atoms with Gasteiger partial charge in [0.2, 0.25) is 0 Å². The van der Waals surface area contributed by atoms with Gasteiger partial charge in [-0.25, -0.2) is 4.98 Å². The fraction of sp³-hybridized carbons (Fsp3) is 0.250. The molecule has 0 amide bonds. The zero-order chi connectivity index (χ0) is 10.1. The Bertz CT molecular complexity index is 480. The first kappa shape index (κ1) is 9.00. The Morgan fingerprint density at radius 3 is 3.00 bits per heavy atom. The van der Waals surface area contributed by atoms with E-state index in [1.165, 1.54) is 11.1 Å². The minimum absolute atomic E-state index is 0.933. The second kappa shape index (κ2) is 3.29. The van der Waals surface area contributed by atoms with Crippen molar-refractivity contribution in [2.75, 3.05) is 0 Å². The minimum atomic E-state index is 0.933. The van der Waals surface area contributed by atoms with E-state index in [2.05, 4.69) is 35.2 Å². The van der Waals surface area contributed by atoms with Crippen molar-refractivity contribution in [3.05, 3.63) is 36.7 Å². The monoisotopic (exact) mass is 186 g/mol. The first-order valence-electron chi connectivity index (χ1n) is 4.84. The average Bonchev–Trinajstić information content (AvgIpc) is 2.56. The molecule has 0 aliphatic heterocycles. The summed E-state index contributed by atoms with van der Waals surface area (Å²) < 4.78 is 2.19. The highest BCUT2D eigenvalue weighted by Crippen LogP contribution is 2.22. The Morgan fingerprint density at radius 2 is 2.36 bits per heavy atom. The molecule has 0 aliphatic carbocycles. The summed E-state index contributed by atoms with van der Waals surface area (Å²) in [6, 6.07) is 6.19.